The molecule has 1 nitrogen and oxygen atoms in total. The molecule has 0 aromatic heterocycles. The van der Waals surface area contributed by atoms with Gasteiger partial charge in [-0.05, 0) is 37.4 Å². The molecular weight excluding hydrogens is 158 g/mol. The molecule has 1 aromatic rings. The molecule has 13 heavy (non-hydrogen) atoms. The van der Waals surface area contributed by atoms with Crippen LogP contribution in [-0.2, 0) is 0 Å². The van der Waals surface area contributed by atoms with Gasteiger partial charge in [0.15, 0.2) is 0 Å². The van der Waals surface area contributed by atoms with Crippen LogP contribution < -0.4 is 5.73 Å². The summed E-state index contributed by atoms with van der Waals surface area (Å²) in [6.07, 6.45) is 4.41. The van der Waals surface area contributed by atoms with Gasteiger partial charge in [-0.25, -0.2) is 0 Å². The van der Waals surface area contributed by atoms with E-state index in [1.807, 2.05) is 6.07 Å². The van der Waals surface area contributed by atoms with Crippen LogP contribution in [0.2, 0.25) is 0 Å². The summed E-state index contributed by atoms with van der Waals surface area (Å²) >= 11 is 0. The van der Waals surface area contributed by atoms with E-state index in [1.54, 1.807) is 0 Å². The highest BCUT2D eigenvalue weighted by Gasteiger charge is 1.91. The van der Waals surface area contributed by atoms with E-state index in [2.05, 4.69) is 37.3 Å². The Morgan fingerprint density at radius 2 is 2.00 bits per heavy atom. The van der Waals surface area contributed by atoms with Crippen LogP contribution in [0, 0.1) is 0 Å². The maximum Gasteiger partial charge on any atom is -0.00743 e. The zero-order chi connectivity index (χ0) is 9.52. The average Bonchev–Trinajstić information content (AvgIpc) is 2.19. The number of unbranched alkanes of at least 4 members (excludes halogenated alkanes) is 1. The van der Waals surface area contributed by atoms with Gasteiger partial charge in [-0.2, -0.15) is 0 Å². The van der Waals surface area contributed by atoms with Gasteiger partial charge in [0, 0.05) is 0 Å². The highest BCUT2D eigenvalue weighted by atomic mass is 14.5. The van der Waals surface area contributed by atoms with Crippen molar-refractivity contribution in [3.63, 3.8) is 0 Å². The summed E-state index contributed by atoms with van der Waals surface area (Å²) in [5.41, 5.74) is 8.07. The van der Waals surface area contributed by atoms with Crippen LogP contribution in [0.1, 0.15) is 25.3 Å². The first-order valence-electron chi connectivity index (χ1n) is 4.77. The van der Waals surface area contributed by atoms with Gasteiger partial charge in [0.05, 0.1) is 0 Å². The van der Waals surface area contributed by atoms with E-state index in [-0.39, 0.29) is 0 Å². The molecular formula is C12H17N. The van der Waals surface area contributed by atoms with Crippen LogP contribution in [0.5, 0.6) is 0 Å². The van der Waals surface area contributed by atoms with Crippen molar-refractivity contribution < 1.29 is 0 Å². The quantitative estimate of drug-likeness (QED) is 0.700. The minimum atomic E-state index is 0.776. The van der Waals surface area contributed by atoms with Gasteiger partial charge in [-0.3, -0.25) is 0 Å². The van der Waals surface area contributed by atoms with Crippen molar-refractivity contribution in [2.75, 3.05) is 6.54 Å². The van der Waals surface area contributed by atoms with Crippen molar-refractivity contribution in [2.24, 2.45) is 5.73 Å². The lowest BCUT2D eigenvalue weighted by molar-refractivity contribution is 0.855. The van der Waals surface area contributed by atoms with Gasteiger partial charge in [-0.15, -0.1) is 0 Å². The van der Waals surface area contributed by atoms with Crippen LogP contribution in [0.3, 0.4) is 0 Å². The van der Waals surface area contributed by atoms with E-state index in [4.69, 9.17) is 5.73 Å². The lowest BCUT2D eigenvalue weighted by Gasteiger charge is -2.00. The van der Waals surface area contributed by atoms with Crippen molar-refractivity contribution in [1.82, 2.24) is 0 Å². The Hall–Kier alpha value is -1.08. The molecule has 0 bridgehead atoms. The Kier molecular flexibility index (Phi) is 4.27. The third-order valence-corrected chi connectivity index (χ3v) is 2.09. The smallest absolute Gasteiger partial charge is 0.00743 e. The molecule has 2 N–H and O–H groups in total. The van der Waals surface area contributed by atoms with Gasteiger partial charge >= 0.3 is 0 Å². The van der Waals surface area contributed by atoms with Gasteiger partial charge < -0.3 is 5.73 Å². The van der Waals surface area contributed by atoms with E-state index in [1.165, 1.54) is 11.1 Å². The van der Waals surface area contributed by atoms with Crippen LogP contribution in [0.25, 0.3) is 5.57 Å². The Balaban J connectivity index is 2.57. The highest BCUT2D eigenvalue weighted by Crippen LogP contribution is 2.13. The molecule has 0 aliphatic heterocycles. The predicted molar refractivity (Wildman–Crippen MR) is 58.4 cm³/mol. The van der Waals surface area contributed by atoms with Crippen molar-refractivity contribution in [1.29, 1.82) is 0 Å². The topological polar surface area (TPSA) is 26.0 Å². The number of hydrogen-bond donors (Lipinski definition) is 1. The molecule has 0 aliphatic carbocycles. The fraction of sp³-hybridized carbons (Fsp3) is 0.333. The zero-order valence-electron chi connectivity index (χ0n) is 8.16. The van der Waals surface area contributed by atoms with E-state index >= 15 is 0 Å². The maximum absolute atomic E-state index is 5.42. The van der Waals surface area contributed by atoms with Crippen molar-refractivity contribution in [3.05, 3.63) is 42.0 Å². The Morgan fingerprint density at radius 1 is 1.31 bits per heavy atom. The number of hydrogen-bond acceptors (Lipinski definition) is 1. The number of nitrogens with two attached hydrogens (primary N) is 1. The van der Waals surface area contributed by atoms with E-state index in [0.717, 1.165) is 19.4 Å². The number of allylic oxidation sites excluding steroid dienone is 2. The minimum absolute atomic E-state index is 0.776. The summed E-state index contributed by atoms with van der Waals surface area (Å²) in [7, 11) is 0. The van der Waals surface area contributed by atoms with Crippen molar-refractivity contribution in [2.45, 2.75) is 19.8 Å². The first kappa shape index (κ1) is 10.0. The molecule has 0 amide bonds. The highest BCUT2D eigenvalue weighted by molar-refractivity contribution is 5.63. The van der Waals surface area contributed by atoms with Crippen LogP contribution in [-0.4, -0.2) is 6.54 Å². The molecule has 0 unspecified atom stereocenters. The summed E-state index contributed by atoms with van der Waals surface area (Å²) in [5, 5.41) is 0. The van der Waals surface area contributed by atoms with Gasteiger partial charge in [-0.1, -0.05) is 36.4 Å². The van der Waals surface area contributed by atoms with E-state index < -0.39 is 0 Å². The molecule has 70 valence electrons. The molecule has 0 radical (unpaired) electrons. The van der Waals surface area contributed by atoms with Crippen LogP contribution in [0.4, 0.5) is 0 Å². The standard InChI is InChI=1S/C12H17N/c1-11(7-5-6-10-13)12-8-3-2-4-9-12/h2-4,7-9H,5-6,10,13H2,1H3/b11-7+. The largest absolute Gasteiger partial charge is 0.330 e. The second-order valence-electron chi connectivity index (χ2n) is 3.18. The molecule has 0 fully saturated rings. The van der Waals surface area contributed by atoms with Crippen molar-refractivity contribution in [3.8, 4) is 0 Å². The zero-order valence-corrected chi connectivity index (χ0v) is 8.16. The lowest BCUT2D eigenvalue weighted by Crippen LogP contribution is -1.96. The Morgan fingerprint density at radius 3 is 2.62 bits per heavy atom. The van der Waals surface area contributed by atoms with Crippen LogP contribution >= 0.6 is 0 Å². The monoisotopic (exact) mass is 175 g/mol. The Labute approximate surface area is 80.3 Å². The molecule has 0 saturated carbocycles. The van der Waals surface area contributed by atoms with Gasteiger partial charge in [0.2, 0.25) is 0 Å². The summed E-state index contributed by atoms with van der Waals surface area (Å²) in [5.74, 6) is 0. The average molecular weight is 175 g/mol. The molecule has 1 rings (SSSR count). The number of benzene rings is 1. The van der Waals surface area contributed by atoms with Crippen molar-refractivity contribution >= 4 is 5.57 Å². The normalized spacial score (nSPS) is 11.7. The molecule has 0 heterocycles. The summed E-state index contributed by atoms with van der Waals surface area (Å²) in [6, 6.07) is 10.4. The lowest BCUT2D eigenvalue weighted by atomic mass is 10.1. The van der Waals surface area contributed by atoms with E-state index in [0.29, 0.717) is 0 Å². The summed E-state index contributed by atoms with van der Waals surface area (Å²) in [4.78, 5) is 0. The van der Waals surface area contributed by atoms with Gasteiger partial charge in [0.25, 0.3) is 0 Å². The predicted octanol–water partition coefficient (Wildman–Crippen LogP) is 2.83. The first-order valence-corrected chi connectivity index (χ1v) is 4.77. The molecule has 1 heteroatoms. The second-order valence-corrected chi connectivity index (χ2v) is 3.18. The van der Waals surface area contributed by atoms with Crippen LogP contribution in [0.15, 0.2) is 36.4 Å². The second kappa shape index (κ2) is 5.55. The fourth-order valence-corrected chi connectivity index (χ4v) is 1.26. The molecule has 0 saturated heterocycles. The Bertz CT molecular complexity index is 262. The molecule has 0 spiro atoms. The third kappa shape index (κ3) is 3.43. The summed E-state index contributed by atoms with van der Waals surface area (Å²) < 4.78 is 0. The minimum Gasteiger partial charge on any atom is -0.330 e. The third-order valence-electron chi connectivity index (χ3n) is 2.09. The molecule has 1 aromatic carbocycles. The van der Waals surface area contributed by atoms with Gasteiger partial charge in [0.1, 0.15) is 0 Å². The number of rotatable bonds is 4. The molecule has 0 atom stereocenters. The maximum atomic E-state index is 5.42. The summed E-state index contributed by atoms with van der Waals surface area (Å²) in [6.45, 7) is 2.92. The van der Waals surface area contributed by atoms with E-state index in [9.17, 15) is 0 Å². The molecule has 0 aliphatic rings. The fourth-order valence-electron chi connectivity index (χ4n) is 1.26. The SMILES string of the molecule is C/C(=C\CCCN)c1ccccc1. The first-order chi connectivity index (χ1) is 6.34.